The van der Waals surface area contributed by atoms with Gasteiger partial charge in [0.25, 0.3) is 0 Å². The van der Waals surface area contributed by atoms with Gasteiger partial charge in [-0.1, -0.05) is 53.6 Å². The van der Waals surface area contributed by atoms with Gasteiger partial charge in [-0.15, -0.1) is 0 Å². The van der Waals surface area contributed by atoms with Crippen LogP contribution in [0.15, 0.2) is 59.0 Å². The topological polar surface area (TPSA) is 72.5 Å². The first-order valence-corrected chi connectivity index (χ1v) is 10.9. The van der Waals surface area contributed by atoms with Crippen molar-refractivity contribution in [1.29, 1.82) is 0 Å². The Morgan fingerprint density at radius 3 is 2.54 bits per heavy atom. The molecule has 0 saturated carbocycles. The Labute approximate surface area is 166 Å². The van der Waals surface area contributed by atoms with Gasteiger partial charge in [-0.05, 0) is 56.4 Å². The summed E-state index contributed by atoms with van der Waals surface area (Å²) in [4.78, 5) is 12.6. The van der Waals surface area contributed by atoms with E-state index in [1.807, 2.05) is 31.2 Å². The van der Waals surface area contributed by atoms with Gasteiger partial charge in [0.15, 0.2) is 0 Å². The van der Waals surface area contributed by atoms with Gasteiger partial charge >= 0.3 is 5.97 Å². The summed E-state index contributed by atoms with van der Waals surface area (Å²) in [5.41, 5.74) is 4.38. The van der Waals surface area contributed by atoms with Gasteiger partial charge in [0, 0.05) is 0 Å². The number of rotatable bonds is 7. The van der Waals surface area contributed by atoms with Gasteiger partial charge in [-0.3, -0.25) is 4.79 Å². The normalized spacial score (nSPS) is 14.7. The van der Waals surface area contributed by atoms with E-state index in [4.69, 9.17) is 4.74 Å². The molecule has 1 atom stereocenters. The molecule has 0 unspecified atom stereocenters. The smallest absolute Gasteiger partial charge is 0.324 e. The van der Waals surface area contributed by atoms with Crippen LogP contribution >= 0.6 is 0 Å². The number of ether oxygens (including phenoxy) is 1. The lowest BCUT2D eigenvalue weighted by molar-refractivity contribution is -0.145. The van der Waals surface area contributed by atoms with E-state index in [0.29, 0.717) is 0 Å². The van der Waals surface area contributed by atoms with Crippen LogP contribution in [-0.2, 0) is 26.0 Å². The van der Waals surface area contributed by atoms with Crippen molar-refractivity contribution in [2.24, 2.45) is 0 Å². The SMILES string of the molecule is CCOC(=O)[C@H](CC1=Cc2ccccc2CC1)NS(=O)(=O)c1ccc(C)cc1. The molecular formula is C22H25NO4S. The van der Waals surface area contributed by atoms with Crippen LogP contribution in [0, 0.1) is 6.92 Å². The number of benzene rings is 2. The molecule has 1 aliphatic rings. The molecule has 0 aromatic heterocycles. The first-order chi connectivity index (χ1) is 13.4. The summed E-state index contributed by atoms with van der Waals surface area (Å²) in [6.45, 7) is 3.79. The maximum atomic E-state index is 12.8. The largest absolute Gasteiger partial charge is 0.465 e. The zero-order valence-corrected chi connectivity index (χ0v) is 17.0. The molecule has 1 aliphatic carbocycles. The predicted molar refractivity (Wildman–Crippen MR) is 109 cm³/mol. The van der Waals surface area contributed by atoms with Crippen LogP contribution in [0.4, 0.5) is 0 Å². The van der Waals surface area contributed by atoms with Crippen molar-refractivity contribution < 1.29 is 17.9 Å². The second-order valence-corrected chi connectivity index (χ2v) is 8.66. The summed E-state index contributed by atoms with van der Waals surface area (Å²) < 4.78 is 33.2. The molecule has 148 valence electrons. The number of fused-ring (bicyclic) bond motifs is 1. The van der Waals surface area contributed by atoms with E-state index in [1.54, 1.807) is 19.1 Å². The lowest BCUT2D eigenvalue weighted by Crippen LogP contribution is -2.42. The molecule has 0 saturated heterocycles. The van der Waals surface area contributed by atoms with Crippen molar-refractivity contribution in [3.05, 3.63) is 70.8 Å². The average molecular weight is 400 g/mol. The molecule has 6 heteroatoms. The van der Waals surface area contributed by atoms with Crippen LogP contribution in [0.1, 0.15) is 36.5 Å². The molecular weight excluding hydrogens is 374 g/mol. The molecule has 0 radical (unpaired) electrons. The zero-order chi connectivity index (χ0) is 20.1. The van der Waals surface area contributed by atoms with Crippen LogP contribution in [0.2, 0.25) is 0 Å². The van der Waals surface area contributed by atoms with Crippen molar-refractivity contribution in [3.8, 4) is 0 Å². The Hall–Kier alpha value is -2.44. The number of sulfonamides is 1. The van der Waals surface area contributed by atoms with Gasteiger partial charge in [-0.25, -0.2) is 8.42 Å². The van der Waals surface area contributed by atoms with Crippen LogP contribution < -0.4 is 4.72 Å². The predicted octanol–water partition coefficient (Wildman–Crippen LogP) is 3.62. The summed E-state index contributed by atoms with van der Waals surface area (Å²) in [5, 5.41) is 0. The highest BCUT2D eigenvalue weighted by molar-refractivity contribution is 7.89. The van der Waals surface area contributed by atoms with Crippen LogP contribution in [-0.4, -0.2) is 27.0 Å². The molecule has 0 aliphatic heterocycles. The number of aryl methyl sites for hydroxylation is 2. The van der Waals surface area contributed by atoms with Gasteiger partial charge < -0.3 is 4.74 Å². The Morgan fingerprint density at radius 1 is 1.11 bits per heavy atom. The molecule has 3 rings (SSSR count). The van der Waals surface area contributed by atoms with Crippen molar-refractivity contribution in [1.82, 2.24) is 4.72 Å². The van der Waals surface area contributed by atoms with Crippen molar-refractivity contribution >= 4 is 22.1 Å². The molecule has 5 nitrogen and oxygen atoms in total. The number of carbonyl (C=O) groups is 1. The monoisotopic (exact) mass is 399 g/mol. The third-order valence-corrected chi connectivity index (χ3v) is 6.28. The summed E-state index contributed by atoms with van der Waals surface area (Å²) >= 11 is 0. The highest BCUT2D eigenvalue weighted by Crippen LogP contribution is 2.27. The molecule has 28 heavy (non-hydrogen) atoms. The van der Waals surface area contributed by atoms with E-state index in [-0.39, 0.29) is 17.9 Å². The molecule has 2 aromatic carbocycles. The van der Waals surface area contributed by atoms with E-state index in [0.717, 1.165) is 29.5 Å². The lowest BCUT2D eigenvalue weighted by Gasteiger charge is -2.22. The lowest BCUT2D eigenvalue weighted by atomic mass is 9.89. The summed E-state index contributed by atoms with van der Waals surface area (Å²) in [6, 6.07) is 13.7. The van der Waals surface area contributed by atoms with E-state index < -0.39 is 22.0 Å². The van der Waals surface area contributed by atoms with Crippen molar-refractivity contribution in [2.45, 2.75) is 44.0 Å². The average Bonchev–Trinajstić information content (AvgIpc) is 2.68. The Balaban J connectivity index is 1.83. The van der Waals surface area contributed by atoms with Gasteiger partial charge in [0.2, 0.25) is 10.0 Å². The Morgan fingerprint density at radius 2 is 1.82 bits per heavy atom. The summed E-state index contributed by atoms with van der Waals surface area (Å²) in [6.07, 6.45) is 4.00. The molecule has 2 aromatic rings. The Bertz CT molecular complexity index is 978. The first kappa shape index (κ1) is 20.3. The van der Waals surface area contributed by atoms with E-state index >= 15 is 0 Å². The van der Waals surface area contributed by atoms with E-state index in [1.165, 1.54) is 17.7 Å². The molecule has 0 spiro atoms. The van der Waals surface area contributed by atoms with E-state index in [9.17, 15) is 13.2 Å². The fourth-order valence-corrected chi connectivity index (χ4v) is 4.49. The number of esters is 1. The molecule has 0 fully saturated rings. The summed E-state index contributed by atoms with van der Waals surface area (Å²) in [5.74, 6) is -0.557. The van der Waals surface area contributed by atoms with Crippen LogP contribution in [0.25, 0.3) is 6.08 Å². The highest BCUT2D eigenvalue weighted by Gasteiger charge is 2.28. The second-order valence-electron chi connectivity index (χ2n) is 6.94. The maximum absolute atomic E-state index is 12.8. The van der Waals surface area contributed by atoms with E-state index in [2.05, 4.69) is 10.8 Å². The van der Waals surface area contributed by atoms with Gasteiger partial charge in [0.05, 0.1) is 11.5 Å². The zero-order valence-electron chi connectivity index (χ0n) is 16.1. The van der Waals surface area contributed by atoms with Crippen molar-refractivity contribution in [3.63, 3.8) is 0 Å². The summed E-state index contributed by atoms with van der Waals surface area (Å²) in [7, 11) is -3.83. The minimum absolute atomic E-state index is 0.135. The van der Waals surface area contributed by atoms with Crippen LogP contribution in [0.3, 0.4) is 0 Å². The fourth-order valence-electron chi connectivity index (χ4n) is 3.30. The van der Waals surface area contributed by atoms with Gasteiger partial charge in [0.1, 0.15) is 6.04 Å². The standard InChI is InChI=1S/C22H25NO4S/c1-3-27-22(24)21(23-28(25,26)20-12-8-16(2)9-13-20)15-17-10-11-18-6-4-5-7-19(18)14-17/h4-9,12-14,21,23H,3,10-11,15H2,1-2H3/t21-/m0/s1. The maximum Gasteiger partial charge on any atom is 0.324 e. The number of nitrogens with one attached hydrogen (secondary N) is 1. The highest BCUT2D eigenvalue weighted by atomic mass is 32.2. The molecule has 1 N–H and O–H groups in total. The van der Waals surface area contributed by atoms with Crippen LogP contribution in [0.5, 0.6) is 0 Å². The Kier molecular flexibility index (Phi) is 6.31. The number of hydrogen-bond donors (Lipinski definition) is 1. The minimum atomic E-state index is -3.83. The van der Waals surface area contributed by atoms with Gasteiger partial charge in [-0.2, -0.15) is 4.72 Å². The minimum Gasteiger partial charge on any atom is -0.465 e. The third-order valence-electron chi connectivity index (χ3n) is 4.80. The fraction of sp³-hybridized carbons (Fsp3) is 0.318. The molecule has 0 bridgehead atoms. The molecule has 0 heterocycles. The second kappa shape index (κ2) is 8.71. The quantitative estimate of drug-likeness (QED) is 0.722. The number of hydrogen-bond acceptors (Lipinski definition) is 4. The van der Waals surface area contributed by atoms with Crippen molar-refractivity contribution in [2.75, 3.05) is 6.61 Å². The number of carbonyl (C=O) groups excluding carboxylic acids is 1. The first-order valence-electron chi connectivity index (χ1n) is 9.42. The molecule has 0 amide bonds. The third kappa shape index (κ3) is 4.88.